The summed E-state index contributed by atoms with van der Waals surface area (Å²) in [7, 11) is 0. The van der Waals surface area contributed by atoms with Gasteiger partial charge in [0.1, 0.15) is 11.6 Å². The summed E-state index contributed by atoms with van der Waals surface area (Å²) < 4.78 is 8.19. The van der Waals surface area contributed by atoms with Crippen LogP contribution >= 0.6 is 0 Å². The van der Waals surface area contributed by atoms with E-state index >= 15 is 0 Å². The van der Waals surface area contributed by atoms with E-state index in [1.807, 2.05) is 47.4 Å². The highest BCUT2D eigenvalue weighted by Crippen LogP contribution is 2.34. The normalized spacial score (nSPS) is 16.0. The number of hydrogen-bond acceptors (Lipinski definition) is 3. The average molecular weight is 440 g/mol. The van der Waals surface area contributed by atoms with Crippen molar-refractivity contribution in [2.24, 2.45) is 0 Å². The van der Waals surface area contributed by atoms with Gasteiger partial charge in [0, 0.05) is 31.1 Å². The van der Waals surface area contributed by atoms with Crippen molar-refractivity contribution in [2.45, 2.75) is 39.2 Å². The second kappa shape index (κ2) is 9.10. The van der Waals surface area contributed by atoms with Crippen LogP contribution in [0.4, 0.5) is 5.69 Å². The molecular formula is C28H29N3O2. The second-order valence-corrected chi connectivity index (χ2v) is 8.82. The maximum atomic E-state index is 13.0. The minimum absolute atomic E-state index is 0.0700. The SMILES string of the molecule is Cc1ccc(N2C[C@@H](c3nc4ccccc4n3CCCOc3ccccc3)CC2=O)c(C)c1. The Morgan fingerprint density at radius 1 is 1.00 bits per heavy atom. The van der Waals surface area contributed by atoms with Crippen LogP contribution in [-0.2, 0) is 11.3 Å². The van der Waals surface area contributed by atoms with Crippen molar-refractivity contribution >= 4 is 22.6 Å². The number of ether oxygens (including phenoxy) is 1. The Hall–Kier alpha value is -3.60. The van der Waals surface area contributed by atoms with Gasteiger partial charge in [-0.1, -0.05) is 48.0 Å². The van der Waals surface area contributed by atoms with Crippen LogP contribution < -0.4 is 9.64 Å². The summed E-state index contributed by atoms with van der Waals surface area (Å²) >= 11 is 0. The highest BCUT2D eigenvalue weighted by Gasteiger charge is 2.35. The van der Waals surface area contributed by atoms with E-state index < -0.39 is 0 Å². The third kappa shape index (κ3) is 4.36. The van der Waals surface area contributed by atoms with E-state index in [2.05, 4.69) is 48.7 Å². The smallest absolute Gasteiger partial charge is 0.227 e. The number of carbonyl (C=O) groups excluding carboxylic acids is 1. The number of aromatic nitrogens is 2. The number of benzene rings is 3. The summed E-state index contributed by atoms with van der Waals surface area (Å²) in [6.07, 6.45) is 1.35. The number of para-hydroxylation sites is 3. The molecular weight excluding hydrogens is 410 g/mol. The highest BCUT2D eigenvalue weighted by atomic mass is 16.5. The zero-order chi connectivity index (χ0) is 22.8. The summed E-state index contributed by atoms with van der Waals surface area (Å²) in [5, 5.41) is 0. The number of anilines is 1. The number of imidazole rings is 1. The first-order valence-corrected chi connectivity index (χ1v) is 11.6. The van der Waals surface area contributed by atoms with Crippen LogP contribution in [0.25, 0.3) is 11.0 Å². The largest absolute Gasteiger partial charge is 0.494 e. The molecule has 1 amide bonds. The Balaban J connectivity index is 1.37. The number of carbonyl (C=O) groups is 1. The maximum absolute atomic E-state index is 13.0. The second-order valence-electron chi connectivity index (χ2n) is 8.82. The number of nitrogens with zero attached hydrogens (tertiary/aromatic N) is 3. The van der Waals surface area contributed by atoms with Gasteiger partial charge in [0.05, 0.1) is 17.6 Å². The molecule has 0 unspecified atom stereocenters. The van der Waals surface area contributed by atoms with Gasteiger partial charge in [-0.3, -0.25) is 4.79 Å². The standard InChI is InChI=1S/C28H29N3O2/c1-20-13-14-25(21(2)17-20)31-19-22(18-27(31)32)28-29-24-11-6-7-12-26(24)30(28)15-8-16-33-23-9-4-3-5-10-23/h3-7,9-14,17,22H,8,15-16,18-19H2,1-2H3/t22-/m0/s1. The van der Waals surface area contributed by atoms with Gasteiger partial charge in [0.2, 0.25) is 5.91 Å². The Kier molecular flexibility index (Phi) is 5.86. The summed E-state index contributed by atoms with van der Waals surface area (Å²) in [5.41, 5.74) is 5.44. The van der Waals surface area contributed by atoms with E-state index in [9.17, 15) is 4.79 Å². The van der Waals surface area contributed by atoms with Gasteiger partial charge in [-0.25, -0.2) is 4.98 Å². The van der Waals surface area contributed by atoms with E-state index in [4.69, 9.17) is 9.72 Å². The first kappa shape index (κ1) is 21.3. The van der Waals surface area contributed by atoms with Crippen molar-refractivity contribution in [3.63, 3.8) is 0 Å². The van der Waals surface area contributed by atoms with Gasteiger partial charge >= 0.3 is 0 Å². The van der Waals surface area contributed by atoms with Gasteiger partial charge in [-0.05, 0) is 56.2 Å². The third-order valence-corrected chi connectivity index (χ3v) is 6.36. The molecule has 3 aromatic carbocycles. The van der Waals surface area contributed by atoms with Crippen LogP contribution in [0, 0.1) is 13.8 Å². The van der Waals surface area contributed by atoms with Gasteiger partial charge < -0.3 is 14.2 Å². The number of hydrogen-bond donors (Lipinski definition) is 0. The lowest BCUT2D eigenvalue weighted by molar-refractivity contribution is -0.117. The Bertz CT molecular complexity index is 1280. The fourth-order valence-electron chi connectivity index (χ4n) is 4.79. The summed E-state index contributed by atoms with van der Waals surface area (Å²) in [6.45, 7) is 6.25. The van der Waals surface area contributed by atoms with Crippen LogP contribution in [0.5, 0.6) is 5.75 Å². The fraction of sp³-hybridized carbons (Fsp3) is 0.286. The van der Waals surface area contributed by atoms with E-state index in [-0.39, 0.29) is 11.8 Å². The summed E-state index contributed by atoms with van der Waals surface area (Å²) in [4.78, 5) is 19.9. The molecule has 0 saturated carbocycles. The van der Waals surface area contributed by atoms with E-state index in [1.165, 1.54) is 5.56 Å². The lowest BCUT2D eigenvalue weighted by Gasteiger charge is -2.20. The Morgan fingerprint density at radius 2 is 1.79 bits per heavy atom. The van der Waals surface area contributed by atoms with Gasteiger partial charge in [-0.2, -0.15) is 0 Å². The molecule has 5 nitrogen and oxygen atoms in total. The molecule has 0 radical (unpaired) electrons. The lowest BCUT2D eigenvalue weighted by atomic mass is 10.1. The van der Waals surface area contributed by atoms with Crippen molar-refractivity contribution < 1.29 is 9.53 Å². The molecule has 1 aromatic heterocycles. The molecule has 0 aliphatic carbocycles. The fourth-order valence-corrected chi connectivity index (χ4v) is 4.79. The Morgan fingerprint density at radius 3 is 2.61 bits per heavy atom. The van der Waals surface area contributed by atoms with Gasteiger partial charge in [0.15, 0.2) is 0 Å². The minimum atomic E-state index is 0.0700. The molecule has 1 aliphatic rings. The van der Waals surface area contributed by atoms with Crippen LogP contribution in [-0.4, -0.2) is 28.6 Å². The average Bonchev–Trinajstić information content (AvgIpc) is 3.38. The topological polar surface area (TPSA) is 47.4 Å². The number of fused-ring (bicyclic) bond motifs is 1. The monoisotopic (exact) mass is 439 g/mol. The lowest BCUT2D eigenvalue weighted by Crippen LogP contribution is -2.25. The molecule has 1 aliphatic heterocycles. The van der Waals surface area contributed by atoms with Crippen LogP contribution in [0.15, 0.2) is 72.8 Å². The third-order valence-electron chi connectivity index (χ3n) is 6.36. The van der Waals surface area contributed by atoms with Crippen molar-refractivity contribution in [2.75, 3.05) is 18.1 Å². The molecule has 4 aromatic rings. The molecule has 1 fully saturated rings. The van der Waals surface area contributed by atoms with Gasteiger partial charge in [0.25, 0.3) is 0 Å². The number of amides is 1. The molecule has 33 heavy (non-hydrogen) atoms. The number of aryl methyl sites for hydroxylation is 3. The molecule has 5 heteroatoms. The molecule has 1 saturated heterocycles. The Labute approximate surface area is 194 Å². The zero-order valence-electron chi connectivity index (χ0n) is 19.2. The number of rotatable bonds is 7. The molecule has 1 atom stereocenters. The first-order valence-electron chi connectivity index (χ1n) is 11.6. The van der Waals surface area contributed by atoms with Crippen LogP contribution in [0.3, 0.4) is 0 Å². The van der Waals surface area contributed by atoms with Crippen molar-refractivity contribution in [3.8, 4) is 5.75 Å². The quantitative estimate of drug-likeness (QED) is 0.350. The van der Waals surface area contributed by atoms with Crippen molar-refractivity contribution in [3.05, 3.63) is 89.7 Å². The zero-order valence-corrected chi connectivity index (χ0v) is 19.2. The van der Waals surface area contributed by atoms with E-state index in [0.29, 0.717) is 19.6 Å². The molecule has 0 N–H and O–H groups in total. The summed E-state index contributed by atoms with van der Waals surface area (Å²) in [5.74, 6) is 2.12. The molecule has 0 bridgehead atoms. The molecule has 5 rings (SSSR count). The highest BCUT2D eigenvalue weighted by molar-refractivity contribution is 5.97. The predicted molar refractivity (Wildman–Crippen MR) is 132 cm³/mol. The minimum Gasteiger partial charge on any atom is -0.494 e. The maximum Gasteiger partial charge on any atom is 0.227 e. The van der Waals surface area contributed by atoms with Crippen LogP contribution in [0.2, 0.25) is 0 Å². The van der Waals surface area contributed by atoms with E-state index in [0.717, 1.165) is 46.8 Å². The van der Waals surface area contributed by atoms with Crippen molar-refractivity contribution in [1.82, 2.24) is 9.55 Å². The predicted octanol–water partition coefficient (Wildman–Crippen LogP) is 5.64. The molecule has 0 spiro atoms. The summed E-state index contributed by atoms with van der Waals surface area (Å²) in [6, 6.07) is 24.4. The van der Waals surface area contributed by atoms with Gasteiger partial charge in [-0.15, -0.1) is 0 Å². The first-order chi connectivity index (χ1) is 16.1. The molecule has 168 valence electrons. The van der Waals surface area contributed by atoms with Crippen LogP contribution in [0.1, 0.15) is 35.7 Å². The molecule has 2 heterocycles. The van der Waals surface area contributed by atoms with Crippen molar-refractivity contribution in [1.29, 1.82) is 0 Å². The van der Waals surface area contributed by atoms with E-state index in [1.54, 1.807) is 0 Å².